The molecule has 3 unspecified atom stereocenters. The van der Waals surface area contributed by atoms with Crippen LogP contribution in [-0.2, 0) is 20.8 Å². The molecule has 1 fully saturated rings. The van der Waals surface area contributed by atoms with E-state index in [1.165, 1.54) is 193 Å². The van der Waals surface area contributed by atoms with E-state index in [0.717, 1.165) is 44.1 Å². The summed E-state index contributed by atoms with van der Waals surface area (Å²) in [6, 6.07) is 8.69. The van der Waals surface area contributed by atoms with E-state index in [1.807, 2.05) is 30.3 Å². The summed E-state index contributed by atoms with van der Waals surface area (Å²) >= 11 is 0. The number of rotatable bonds is 48. The molecule has 11 nitrogen and oxygen atoms in total. The van der Waals surface area contributed by atoms with Crippen molar-refractivity contribution in [3.05, 3.63) is 35.9 Å². The van der Waals surface area contributed by atoms with Crippen molar-refractivity contribution >= 4 is 6.09 Å². The molecule has 404 valence electrons. The summed E-state index contributed by atoms with van der Waals surface area (Å²) in [5.74, 6) is 0. The Morgan fingerprint density at radius 3 is 1.39 bits per heavy atom. The van der Waals surface area contributed by atoms with E-state index in [9.17, 15) is 30.3 Å². The van der Waals surface area contributed by atoms with Crippen LogP contribution in [0.1, 0.15) is 257 Å². The zero-order valence-corrected chi connectivity index (χ0v) is 44.4. The van der Waals surface area contributed by atoms with Gasteiger partial charge >= 0.3 is 6.09 Å². The average molecular weight is 978 g/mol. The van der Waals surface area contributed by atoms with E-state index >= 15 is 0 Å². The van der Waals surface area contributed by atoms with Gasteiger partial charge in [0, 0.05) is 6.54 Å². The van der Waals surface area contributed by atoms with Crippen molar-refractivity contribution in [2.24, 2.45) is 0 Å². The molecule has 1 amide bonds. The summed E-state index contributed by atoms with van der Waals surface area (Å²) < 4.78 is 17.1. The fraction of sp³-hybridized carbons (Fsp3) is 0.879. The minimum atomic E-state index is -1.61. The number of carbonyl (C=O) groups is 1. The number of hydrogen-bond acceptors (Lipinski definition) is 10. The van der Waals surface area contributed by atoms with Gasteiger partial charge in [0.05, 0.1) is 24.9 Å². The zero-order chi connectivity index (χ0) is 49.8. The van der Waals surface area contributed by atoms with Crippen molar-refractivity contribution in [3.63, 3.8) is 0 Å². The van der Waals surface area contributed by atoms with Crippen molar-refractivity contribution in [2.45, 2.75) is 307 Å². The van der Waals surface area contributed by atoms with E-state index in [0.29, 0.717) is 13.0 Å². The molecular formula is C58H108N2O9. The Kier molecular flexibility index (Phi) is 41.1. The van der Waals surface area contributed by atoms with Gasteiger partial charge in [-0.05, 0) is 24.9 Å². The quantitative estimate of drug-likeness (QED) is 0.0312. The third-order valence-corrected chi connectivity index (χ3v) is 14.4. The summed E-state index contributed by atoms with van der Waals surface area (Å²) in [6.45, 7) is 4.91. The van der Waals surface area contributed by atoms with Crippen molar-refractivity contribution in [1.82, 2.24) is 10.6 Å². The first-order valence-corrected chi connectivity index (χ1v) is 29.1. The lowest BCUT2D eigenvalue weighted by molar-refractivity contribution is -0.303. The molecule has 1 aliphatic heterocycles. The van der Waals surface area contributed by atoms with Gasteiger partial charge in [-0.25, -0.2) is 4.79 Å². The van der Waals surface area contributed by atoms with Crippen LogP contribution in [0.5, 0.6) is 0 Å². The molecule has 0 spiro atoms. The highest BCUT2D eigenvalue weighted by atomic mass is 16.7. The Hall–Kier alpha value is -1.83. The number of benzene rings is 1. The lowest BCUT2D eigenvalue weighted by atomic mass is 9.98. The highest BCUT2D eigenvalue weighted by Crippen LogP contribution is 2.24. The number of carbonyl (C=O) groups excluding carboxylic acids is 1. The Bertz CT molecular complexity index is 1260. The first-order chi connectivity index (χ1) is 33.8. The number of hydrogen-bond donors (Lipinski definition) is 7. The summed E-state index contributed by atoms with van der Waals surface area (Å²) in [6.07, 6.45) is 37.2. The molecule has 1 aliphatic rings. The fourth-order valence-electron chi connectivity index (χ4n) is 9.66. The first-order valence-electron chi connectivity index (χ1n) is 29.1. The molecule has 1 saturated heterocycles. The largest absolute Gasteiger partial charge is 0.447 e. The van der Waals surface area contributed by atoms with E-state index in [1.54, 1.807) is 0 Å². The highest BCUT2D eigenvalue weighted by Gasteiger charge is 2.45. The van der Waals surface area contributed by atoms with Gasteiger partial charge in [0.25, 0.3) is 0 Å². The number of nitrogens with one attached hydrogen (secondary N) is 2. The number of aliphatic hydroxyl groups excluding tert-OH is 5. The molecule has 11 heteroatoms. The lowest BCUT2D eigenvalue weighted by Gasteiger charge is -2.40. The second-order valence-electron chi connectivity index (χ2n) is 20.7. The van der Waals surface area contributed by atoms with Crippen LogP contribution >= 0.6 is 0 Å². The van der Waals surface area contributed by atoms with Crippen molar-refractivity contribution in [1.29, 1.82) is 0 Å². The van der Waals surface area contributed by atoms with Crippen LogP contribution in [0.3, 0.4) is 0 Å². The number of amides is 1. The third-order valence-electron chi connectivity index (χ3n) is 14.4. The summed E-state index contributed by atoms with van der Waals surface area (Å²) in [5.41, 5.74) is 0.890. The normalized spacial score (nSPS) is 19.7. The lowest BCUT2D eigenvalue weighted by Crippen LogP contribution is -2.60. The maximum Gasteiger partial charge on any atom is 0.407 e. The molecule has 0 saturated carbocycles. The van der Waals surface area contributed by atoms with Gasteiger partial charge in [0.2, 0.25) is 0 Å². The smallest absolute Gasteiger partial charge is 0.407 e. The molecule has 0 radical (unpaired) electrons. The van der Waals surface area contributed by atoms with Crippen molar-refractivity contribution < 1.29 is 44.5 Å². The Morgan fingerprint density at radius 2 is 0.957 bits per heavy atom. The minimum absolute atomic E-state index is 0.119. The number of aliphatic hydroxyl groups is 5. The molecule has 7 N–H and O–H groups in total. The van der Waals surface area contributed by atoms with Crippen molar-refractivity contribution in [3.8, 4) is 0 Å². The highest BCUT2D eigenvalue weighted by molar-refractivity contribution is 5.67. The maximum atomic E-state index is 12.4. The predicted molar refractivity (Wildman–Crippen MR) is 283 cm³/mol. The van der Waals surface area contributed by atoms with E-state index in [-0.39, 0.29) is 19.8 Å². The molecule has 1 heterocycles. The summed E-state index contributed by atoms with van der Waals surface area (Å²) in [7, 11) is 0. The number of alkyl carbamates (subject to hydrolysis) is 1. The van der Waals surface area contributed by atoms with E-state index in [2.05, 4.69) is 24.5 Å². The average Bonchev–Trinajstić information content (AvgIpc) is 3.36. The molecule has 1 aromatic rings. The van der Waals surface area contributed by atoms with E-state index < -0.39 is 55.0 Å². The topological polar surface area (TPSA) is 170 Å². The van der Waals surface area contributed by atoms with Gasteiger partial charge < -0.3 is 50.4 Å². The monoisotopic (exact) mass is 977 g/mol. The number of unbranched alkanes of at least 4 members (excludes halogenated alkanes) is 34. The second-order valence-corrected chi connectivity index (χ2v) is 20.7. The van der Waals surface area contributed by atoms with Gasteiger partial charge in [-0.15, -0.1) is 0 Å². The van der Waals surface area contributed by atoms with Crippen LogP contribution in [0, 0.1) is 0 Å². The van der Waals surface area contributed by atoms with Crippen LogP contribution in [0.25, 0.3) is 0 Å². The molecule has 0 aromatic heterocycles. The molecule has 1 aromatic carbocycles. The molecule has 2 rings (SSSR count). The molecule has 0 bridgehead atoms. The summed E-state index contributed by atoms with van der Waals surface area (Å²) in [4.78, 5) is 12.4. The Labute approximate surface area is 422 Å². The van der Waals surface area contributed by atoms with Gasteiger partial charge in [-0.3, -0.25) is 0 Å². The molecular weight excluding hydrogens is 869 g/mol. The Balaban J connectivity index is 1.67. The van der Waals surface area contributed by atoms with Crippen LogP contribution in [-0.4, -0.2) is 100 Å². The minimum Gasteiger partial charge on any atom is -0.447 e. The van der Waals surface area contributed by atoms with Gasteiger partial charge in [0.1, 0.15) is 31.0 Å². The van der Waals surface area contributed by atoms with Crippen LogP contribution in [0.2, 0.25) is 0 Å². The molecule has 69 heavy (non-hydrogen) atoms. The predicted octanol–water partition coefficient (Wildman–Crippen LogP) is 12.9. The molecule has 8 atom stereocenters. The Morgan fingerprint density at radius 1 is 0.551 bits per heavy atom. The summed E-state index contributed by atoms with van der Waals surface area (Å²) in [5, 5.41) is 60.8. The second kappa shape index (κ2) is 44.8. The number of ether oxygens (including phenoxy) is 3. The van der Waals surface area contributed by atoms with E-state index in [4.69, 9.17) is 14.2 Å². The van der Waals surface area contributed by atoms with Crippen LogP contribution in [0.15, 0.2) is 30.3 Å². The van der Waals surface area contributed by atoms with Crippen LogP contribution < -0.4 is 10.6 Å². The van der Waals surface area contributed by atoms with Crippen LogP contribution in [0.4, 0.5) is 4.79 Å². The molecule has 0 aliphatic carbocycles. The maximum absolute atomic E-state index is 12.4. The fourth-order valence-corrected chi connectivity index (χ4v) is 9.66. The van der Waals surface area contributed by atoms with Gasteiger partial charge in [0.15, 0.2) is 6.29 Å². The standard InChI is InChI=1S/C58H108N2O9/c1-3-5-7-9-11-13-15-17-18-19-20-21-22-23-24-25-26-27-28-30-32-34-36-41-45-59-50(53(62)51(61)44-40-35-33-31-29-16-14-12-10-8-6-4-2)47-67-57-56(65)55(64)54(63)52(69-57)48-68-58(66)60-46-49-42-38-37-39-43-49/h37-39,42-43,50-57,59,61-65H,3-36,40-41,44-48H2,1-2H3,(H,60,66)/t50?,51?,52-,53?,54+,55+,56-,57+/m1/s1. The van der Waals surface area contributed by atoms with Gasteiger partial charge in [-0.1, -0.05) is 269 Å². The third kappa shape index (κ3) is 33.5. The van der Waals surface area contributed by atoms with Gasteiger partial charge in [-0.2, -0.15) is 0 Å². The SMILES string of the molecule is CCCCCCCCCCCCCCCCCCCCCCCCCCNC(CO[C@H]1O[C@H](COC(=O)NCc2ccccc2)[C@H](O)[C@H](O)[C@H]1O)C(O)C(O)CCCCCCCCCCCCCC. The zero-order valence-electron chi connectivity index (χ0n) is 44.4. The van der Waals surface area contributed by atoms with Crippen molar-refractivity contribution in [2.75, 3.05) is 19.8 Å². The first kappa shape index (κ1) is 63.3.